The van der Waals surface area contributed by atoms with Gasteiger partial charge in [0.15, 0.2) is 4.21 Å². The predicted octanol–water partition coefficient (Wildman–Crippen LogP) is 2.88. The Kier molecular flexibility index (Phi) is 4.01. The van der Waals surface area contributed by atoms with Crippen LogP contribution in [0, 0.1) is 20.8 Å². The van der Waals surface area contributed by atoms with Gasteiger partial charge in [-0.3, -0.25) is 4.72 Å². The third kappa shape index (κ3) is 2.94. The molecule has 0 aliphatic carbocycles. The van der Waals surface area contributed by atoms with E-state index in [4.69, 9.17) is 4.74 Å². The lowest BCUT2D eigenvalue weighted by Crippen LogP contribution is -2.13. The summed E-state index contributed by atoms with van der Waals surface area (Å²) in [6, 6.07) is 5.29. The zero-order valence-electron chi connectivity index (χ0n) is 11.7. The minimum absolute atomic E-state index is 0.234. The molecule has 1 N–H and O–H groups in total. The van der Waals surface area contributed by atoms with Crippen molar-refractivity contribution in [2.75, 3.05) is 11.8 Å². The number of hydrogen-bond acceptors (Lipinski definition) is 5. The number of ether oxygens (including phenoxy) is 1. The van der Waals surface area contributed by atoms with Gasteiger partial charge in [0.05, 0.1) is 23.5 Å². The van der Waals surface area contributed by atoms with Crippen LogP contribution < -0.4 is 9.46 Å². The average molecular weight is 312 g/mol. The molecule has 0 aliphatic rings. The van der Waals surface area contributed by atoms with Gasteiger partial charge in [-0.15, -0.1) is 11.3 Å². The molecule has 1 aromatic heterocycles. The fourth-order valence-electron chi connectivity index (χ4n) is 1.84. The van der Waals surface area contributed by atoms with Crippen LogP contribution in [-0.4, -0.2) is 20.5 Å². The molecule has 0 atom stereocenters. The van der Waals surface area contributed by atoms with E-state index < -0.39 is 10.0 Å². The van der Waals surface area contributed by atoms with Crippen molar-refractivity contribution in [3.63, 3.8) is 0 Å². The van der Waals surface area contributed by atoms with Gasteiger partial charge in [0.1, 0.15) is 5.75 Å². The van der Waals surface area contributed by atoms with Gasteiger partial charge in [-0.25, -0.2) is 13.4 Å². The molecular weight excluding hydrogens is 296 g/mol. The monoisotopic (exact) mass is 312 g/mol. The lowest BCUT2D eigenvalue weighted by atomic mass is 10.2. The molecule has 0 unspecified atom stereocenters. The van der Waals surface area contributed by atoms with Gasteiger partial charge in [0.25, 0.3) is 10.0 Å². The Morgan fingerprint density at radius 2 is 1.95 bits per heavy atom. The van der Waals surface area contributed by atoms with E-state index in [9.17, 15) is 8.42 Å². The van der Waals surface area contributed by atoms with E-state index in [1.165, 1.54) is 7.11 Å². The zero-order chi connectivity index (χ0) is 14.9. The summed E-state index contributed by atoms with van der Waals surface area (Å²) in [5.74, 6) is 0.493. The summed E-state index contributed by atoms with van der Waals surface area (Å²) in [5, 5.41) is 0.721. The van der Waals surface area contributed by atoms with Crippen molar-refractivity contribution < 1.29 is 13.2 Å². The molecule has 5 nitrogen and oxygen atoms in total. The number of nitrogens with one attached hydrogen (secondary N) is 1. The summed E-state index contributed by atoms with van der Waals surface area (Å²) in [4.78, 5) is 4.14. The van der Waals surface area contributed by atoms with Crippen molar-refractivity contribution in [3.05, 3.63) is 34.5 Å². The lowest BCUT2D eigenvalue weighted by Gasteiger charge is -2.11. The van der Waals surface area contributed by atoms with Crippen molar-refractivity contribution in [3.8, 4) is 5.75 Å². The molecule has 0 aliphatic heterocycles. The normalized spacial score (nSPS) is 11.4. The van der Waals surface area contributed by atoms with Crippen LogP contribution in [0.15, 0.2) is 22.4 Å². The fourth-order valence-corrected chi connectivity index (χ4v) is 4.39. The number of benzene rings is 1. The maximum Gasteiger partial charge on any atom is 0.273 e. The van der Waals surface area contributed by atoms with Gasteiger partial charge in [0.2, 0.25) is 0 Å². The van der Waals surface area contributed by atoms with Crippen molar-refractivity contribution in [2.45, 2.75) is 25.0 Å². The van der Waals surface area contributed by atoms with Crippen molar-refractivity contribution in [1.29, 1.82) is 0 Å². The van der Waals surface area contributed by atoms with Crippen LogP contribution in [0.1, 0.15) is 16.3 Å². The van der Waals surface area contributed by atoms with E-state index in [2.05, 4.69) is 9.71 Å². The highest BCUT2D eigenvalue weighted by atomic mass is 32.2. The SMILES string of the molecule is COc1cc(C)ccc1NS(=O)(=O)c1sc(C)nc1C. The standard InChI is InChI=1S/C13H16N2O3S2/c1-8-5-6-11(12(7-8)18-4)15-20(16,17)13-9(2)14-10(3)19-13/h5-7,15H,1-4H3. The number of thiazole rings is 1. The Bertz CT molecular complexity index is 736. The van der Waals surface area contributed by atoms with Crippen LogP contribution in [0.3, 0.4) is 0 Å². The Labute approximate surface area is 122 Å². The minimum atomic E-state index is -3.64. The van der Waals surface area contributed by atoms with Gasteiger partial charge in [0, 0.05) is 0 Å². The first-order valence-electron chi connectivity index (χ1n) is 5.95. The molecule has 20 heavy (non-hydrogen) atoms. The van der Waals surface area contributed by atoms with E-state index in [0.29, 0.717) is 17.1 Å². The molecular formula is C13H16N2O3S2. The lowest BCUT2D eigenvalue weighted by molar-refractivity contribution is 0.416. The highest BCUT2D eigenvalue weighted by molar-refractivity contribution is 7.94. The van der Waals surface area contributed by atoms with E-state index in [0.717, 1.165) is 21.9 Å². The molecule has 0 saturated carbocycles. The molecule has 0 saturated heterocycles. The Morgan fingerprint density at radius 3 is 2.50 bits per heavy atom. The molecule has 0 fully saturated rings. The third-order valence-corrected chi connectivity index (χ3v) is 5.75. The molecule has 0 bridgehead atoms. The molecule has 7 heteroatoms. The highest BCUT2D eigenvalue weighted by Gasteiger charge is 2.22. The van der Waals surface area contributed by atoms with Crippen molar-refractivity contribution in [2.24, 2.45) is 0 Å². The van der Waals surface area contributed by atoms with Gasteiger partial charge in [-0.1, -0.05) is 6.07 Å². The van der Waals surface area contributed by atoms with E-state index >= 15 is 0 Å². The first kappa shape index (κ1) is 14.8. The number of methoxy groups -OCH3 is 1. The summed E-state index contributed by atoms with van der Waals surface area (Å²) in [6.45, 7) is 5.38. The Morgan fingerprint density at radius 1 is 1.25 bits per heavy atom. The van der Waals surface area contributed by atoms with Crippen LogP contribution >= 0.6 is 11.3 Å². The summed E-state index contributed by atoms with van der Waals surface area (Å²) < 4.78 is 32.8. The molecule has 1 heterocycles. The second-order valence-electron chi connectivity index (χ2n) is 4.41. The average Bonchev–Trinajstić information content (AvgIpc) is 2.71. The van der Waals surface area contributed by atoms with Gasteiger partial charge in [-0.2, -0.15) is 0 Å². The number of rotatable bonds is 4. The maximum atomic E-state index is 12.4. The smallest absolute Gasteiger partial charge is 0.273 e. The number of aromatic nitrogens is 1. The van der Waals surface area contributed by atoms with Crippen molar-refractivity contribution >= 4 is 27.0 Å². The number of hydrogen-bond donors (Lipinski definition) is 1. The molecule has 0 amide bonds. The molecule has 2 rings (SSSR count). The van der Waals surface area contributed by atoms with Crippen LogP contribution in [0.2, 0.25) is 0 Å². The number of aryl methyl sites for hydroxylation is 3. The summed E-state index contributed by atoms with van der Waals surface area (Å²) in [6.07, 6.45) is 0. The largest absolute Gasteiger partial charge is 0.495 e. The second kappa shape index (κ2) is 5.41. The summed E-state index contributed by atoms with van der Waals surface area (Å²) in [5.41, 5.74) is 1.92. The Balaban J connectivity index is 2.41. The molecule has 108 valence electrons. The summed E-state index contributed by atoms with van der Waals surface area (Å²) in [7, 11) is -2.13. The maximum absolute atomic E-state index is 12.4. The second-order valence-corrected chi connectivity index (χ2v) is 7.50. The topological polar surface area (TPSA) is 68.3 Å². The highest BCUT2D eigenvalue weighted by Crippen LogP contribution is 2.30. The molecule has 2 aromatic rings. The van der Waals surface area contributed by atoms with E-state index in [-0.39, 0.29) is 4.21 Å². The van der Waals surface area contributed by atoms with Crippen LogP contribution in [-0.2, 0) is 10.0 Å². The van der Waals surface area contributed by atoms with Gasteiger partial charge >= 0.3 is 0 Å². The number of nitrogens with zero attached hydrogens (tertiary/aromatic N) is 1. The molecule has 0 radical (unpaired) electrons. The van der Waals surface area contributed by atoms with Gasteiger partial charge in [-0.05, 0) is 38.5 Å². The van der Waals surface area contributed by atoms with Crippen LogP contribution in [0.5, 0.6) is 5.75 Å². The van der Waals surface area contributed by atoms with E-state index in [1.807, 2.05) is 13.0 Å². The first-order valence-corrected chi connectivity index (χ1v) is 8.25. The molecule has 0 spiro atoms. The third-order valence-electron chi connectivity index (χ3n) is 2.71. The minimum Gasteiger partial charge on any atom is -0.495 e. The predicted molar refractivity (Wildman–Crippen MR) is 80.1 cm³/mol. The number of sulfonamides is 1. The molecule has 1 aromatic carbocycles. The fraction of sp³-hybridized carbons (Fsp3) is 0.308. The van der Waals surface area contributed by atoms with Crippen molar-refractivity contribution in [1.82, 2.24) is 4.98 Å². The van der Waals surface area contributed by atoms with Crippen LogP contribution in [0.25, 0.3) is 0 Å². The van der Waals surface area contributed by atoms with Gasteiger partial charge < -0.3 is 4.74 Å². The zero-order valence-corrected chi connectivity index (χ0v) is 13.4. The quantitative estimate of drug-likeness (QED) is 0.942. The Hall–Kier alpha value is -1.60. The first-order chi connectivity index (χ1) is 9.33. The summed E-state index contributed by atoms with van der Waals surface area (Å²) >= 11 is 1.15. The van der Waals surface area contributed by atoms with Crippen LogP contribution in [0.4, 0.5) is 5.69 Å². The van der Waals surface area contributed by atoms with E-state index in [1.54, 1.807) is 26.0 Å². The number of anilines is 1.